The summed E-state index contributed by atoms with van der Waals surface area (Å²) in [6.07, 6.45) is 9.15. The van der Waals surface area contributed by atoms with Gasteiger partial charge < -0.3 is 18.9 Å². The van der Waals surface area contributed by atoms with Crippen LogP contribution in [0.5, 0.6) is 11.5 Å². The van der Waals surface area contributed by atoms with Gasteiger partial charge in [0, 0.05) is 21.5 Å². The lowest BCUT2D eigenvalue weighted by Crippen LogP contribution is -2.14. The van der Waals surface area contributed by atoms with Crippen LogP contribution in [-0.2, 0) is 9.47 Å². The van der Waals surface area contributed by atoms with Crippen molar-refractivity contribution in [2.45, 2.75) is 91.9 Å². The average Bonchev–Trinajstić information content (AvgIpc) is 2.90. The lowest BCUT2D eigenvalue weighted by Gasteiger charge is -2.18. The van der Waals surface area contributed by atoms with Gasteiger partial charge in [0.25, 0.3) is 0 Å². The first-order valence-electron chi connectivity index (χ1n) is 14.1. The maximum atomic E-state index is 12.7. The lowest BCUT2D eigenvalue weighted by atomic mass is 9.95. The van der Waals surface area contributed by atoms with E-state index in [1.54, 1.807) is 0 Å². The molecule has 0 aliphatic heterocycles. The zero-order chi connectivity index (χ0) is 27.3. The summed E-state index contributed by atoms with van der Waals surface area (Å²) < 4.78 is 22.5. The third-order valence-electron chi connectivity index (χ3n) is 6.80. The smallest absolute Gasteiger partial charge is 0.434 e. The molecule has 6 heteroatoms. The molecule has 0 heterocycles. The van der Waals surface area contributed by atoms with Gasteiger partial charge in [-0.3, -0.25) is 0 Å². The molecule has 0 spiro atoms. The topological polar surface area (TPSA) is 71.1 Å². The molecule has 0 saturated carbocycles. The molecule has 0 atom stereocenters. The summed E-state index contributed by atoms with van der Waals surface area (Å²) in [4.78, 5) is 25.4. The highest BCUT2D eigenvalue weighted by Gasteiger charge is 2.23. The Bertz CT molecular complexity index is 1120. The van der Waals surface area contributed by atoms with Crippen LogP contribution in [0.1, 0.15) is 89.2 Å². The van der Waals surface area contributed by atoms with Gasteiger partial charge in [-0.1, -0.05) is 102 Å². The van der Waals surface area contributed by atoms with E-state index < -0.39 is 12.3 Å². The first kappa shape index (κ1) is 29.3. The summed E-state index contributed by atoms with van der Waals surface area (Å²) in [7, 11) is 0. The average molecular weight is 523 g/mol. The summed E-state index contributed by atoms with van der Waals surface area (Å²) in [5.41, 5.74) is 1.78. The van der Waals surface area contributed by atoms with E-state index in [1.165, 1.54) is 12.8 Å². The third kappa shape index (κ3) is 7.86. The Morgan fingerprint density at radius 2 is 0.974 bits per heavy atom. The maximum absolute atomic E-state index is 12.7. The highest BCUT2D eigenvalue weighted by Crippen LogP contribution is 2.45. The van der Waals surface area contributed by atoms with E-state index in [0.29, 0.717) is 46.3 Å². The molecule has 3 aromatic rings. The van der Waals surface area contributed by atoms with Crippen LogP contribution >= 0.6 is 0 Å². The third-order valence-corrected chi connectivity index (χ3v) is 6.80. The molecular weight excluding hydrogens is 480 g/mol. The van der Waals surface area contributed by atoms with Gasteiger partial charge in [0.1, 0.15) is 0 Å². The van der Waals surface area contributed by atoms with Crippen molar-refractivity contribution in [3.63, 3.8) is 0 Å². The second-order valence-electron chi connectivity index (χ2n) is 9.88. The Labute approximate surface area is 226 Å². The minimum Gasteiger partial charge on any atom is -0.434 e. The Kier molecular flexibility index (Phi) is 11.7. The van der Waals surface area contributed by atoms with Crippen molar-refractivity contribution in [3.05, 3.63) is 47.5 Å². The van der Waals surface area contributed by atoms with E-state index >= 15 is 0 Å². The van der Waals surface area contributed by atoms with Crippen LogP contribution in [-0.4, -0.2) is 25.5 Å². The number of ether oxygens (including phenoxy) is 4. The molecule has 6 nitrogen and oxygen atoms in total. The number of aryl methyl sites for hydroxylation is 2. The molecule has 3 aromatic carbocycles. The number of fused-ring (bicyclic) bond motifs is 2. The SMILES string of the molecule is CCCCCCCOC(=O)Oc1c2cccc(C)c2c(OC(=O)OCCCCCCC)c2cccc(C)c12. The zero-order valence-electron chi connectivity index (χ0n) is 23.4. The minimum atomic E-state index is -0.732. The number of carbonyl (C=O) groups is 2. The van der Waals surface area contributed by atoms with Crippen molar-refractivity contribution in [3.8, 4) is 11.5 Å². The van der Waals surface area contributed by atoms with Crippen LogP contribution in [0, 0.1) is 13.8 Å². The van der Waals surface area contributed by atoms with Crippen molar-refractivity contribution >= 4 is 33.9 Å². The predicted octanol–water partition coefficient (Wildman–Crippen LogP) is 9.58. The Hall–Kier alpha value is -3.28. The highest BCUT2D eigenvalue weighted by atomic mass is 16.7. The van der Waals surface area contributed by atoms with Crippen molar-refractivity contribution < 1.29 is 28.5 Å². The van der Waals surface area contributed by atoms with E-state index in [0.717, 1.165) is 62.5 Å². The molecule has 38 heavy (non-hydrogen) atoms. The van der Waals surface area contributed by atoms with E-state index in [4.69, 9.17) is 18.9 Å². The van der Waals surface area contributed by atoms with Crippen molar-refractivity contribution in [2.24, 2.45) is 0 Å². The Morgan fingerprint density at radius 1 is 0.579 bits per heavy atom. The maximum Gasteiger partial charge on any atom is 0.513 e. The fourth-order valence-corrected chi connectivity index (χ4v) is 4.75. The lowest BCUT2D eigenvalue weighted by molar-refractivity contribution is 0.0965. The van der Waals surface area contributed by atoms with Gasteiger partial charge in [-0.05, 0) is 37.8 Å². The normalized spacial score (nSPS) is 11.1. The van der Waals surface area contributed by atoms with Crippen LogP contribution in [0.25, 0.3) is 21.5 Å². The summed E-state index contributed by atoms with van der Waals surface area (Å²) in [6, 6.07) is 11.4. The summed E-state index contributed by atoms with van der Waals surface area (Å²) >= 11 is 0. The van der Waals surface area contributed by atoms with Crippen molar-refractivity contribution in [2.75, 3.05) is 13.2 Å². The number of benzene rings is 3. The number of carbonyl (C=O) groups excluding carboxylic acids is 2. The number of hydrogen-bond acceptors (Lipinski definition) is 6. The molecule has 0 N–H and O–H groups in total. The summed E-state index contributed by atoms with van der Waals surface area (Å²) in [6.45, 7) is 8.86. The van der Waals surface area contributed by atoms with Gasteiger partial charge in [0.15, 0.2) is 11.5 Å². The van der Waals surface area contributed by atoms with E-state index in [2.05, 4.69) is 13.8 Å². The molecule has 0 aliphatic rings. The van der Waals surface area contributed by atoms with Crippen LogP contribution in [0.15, 0.2) is 36.4 Å². The van der Waals surface area contributed by atoms with Gasteiger partial charge in [0.05, 0.1) is 13.2 Å². The number of unbranched alkanes of at least 4 members (excludes halogenated alkanes) is 8. The molecule has 0 aromatic heterocycles. The molecule has 0 radical (unpaired) electrons. The molecule has 0 aliphatic carbocycles. The molecule has 3 rings (SSSR count). The van der Waals surface area contributed by atoms with Crippen LogP contribution in [0.2, 0.25) is 0 Å². The van der Waals surface area contributed by atoms with Gasteiger partial charge >= 0.3 is 12.3 Å². The minimum absolute atomic E-state index is 0.321. The molecular formula is C32H42O6. The predicted molar refractivity (Wildman–Crippen MR) is 152 cm³/mol. The number of rotatable bonds is 14. The second kappa shape index (κ2) is 15.2. The molecule has 0 unspecified atom stereocenters. The highest BCUT2D eigenvalue weighted by molar-refractivity contribution is 6.14. The van der Waals surface area contributed by atoms with Gasteiger partial charge in [-0.25, -0.2) is 9.59 Å². The number of hydrogen-bond donors (Lipinski definition) is 0. The Balaban J connectivity index is 1.87. The zero-order valence-corrected chi connectivity index (χ0v) is 23.4. The first-order chi connectivity index (χ1) is 18.5. The molecule has 206 valence electrons. The van der Waals surface area contributed by atoms with Crippen LogP contribution in [0.4, 0.5) is 9.59 Å². The molecule has 0 saturated heterocycles. The molecule has 0 fully saturated rings. The quantitative estimate of drug-likeness (QED) is 0.0908. The summed E-state index contributed by atoms with van der Waals surface area (Å²) in [5, 5.41) is 2.75. The van der Waals surface area contributed by atoms with E-state index in [9.17, 15) is 9.59 Å². The Morgan fingerprint density at radius 3 is 1.37 bits per heavy atom. The largest absolute Gasteiger partial charge is 0.513 e. The summed E-state index contributed by atoms with van der Waals surface area (Å²) in [5.74, 6) is 0.814. The van der Waals surface area contributed by atoms with Crippen molar-refractivity contribution in [1.82, 2.24) is 0 Å². The molecule has 0 bridgehead atoms. The first-order valence-corrected chi connectivity index (χ1v) is 14.1. The fourth-order valence-electron chi connectivity index (χ4n) is 4.75. The van der Waals surface area contributed by atoms with Gasteiger partial charge in [0.2, 0.25) is 0 Å². The van der Waals surface area contributed by atoms with E-state index in [1.807, 2.05) is 50.2 Å². The van der Waals surface area contributed by atoms with E-state index in [-0.39, 0.29) is 0 Å². The van der Waals surface area contributed by atoms with Crippen molar-refractivity contribution in [1.29, 1.82) is 0 Å². The standard InChI is InChI=1S/C32H42O6/c1-5-7-9-11-13-21-35-31(33)37-29-25-19-15-18-24(4)28(25)30(26-20-16-17-23(3)27(26)29)38-32(34)36-22-14-12-10-8-6-2/h15-20H,5-14,21-22H2,1-4H3. The van der Waals surface area contributed by atoms with Crippen LogP contribution in [0.3, 0.4) is 0 Å². The monoisotopic (exact) mass is 522 g/mol. The second-order valence-corrected chi connectivity index (χ2v) is 9.88. The molecule has 0 amide bonds. The van der Waals surface area contributed by atoms with Crippen LogP contribution < -0.4 is 9.47 Å². The fraction of sp³-hybridized carbons (Fsp3) is 0.500. The van der Waals surface area contributed by atoms with Gasteiger partial charge in [-0.2, -0.15) is 0 Å². The van der Waals surface area contributed by atoms with Gasteiger partial charge in [-0.15, -0.1) is 0 Å².